The highest BCUT2D eigenvalue weighted by atomic mass is 35.5. The zero-order chi connectivity index (χ0) is 9.23. The molecule has 1 rings (SSSR count). The second kappa shape index (κ2) is 11.4. The van der Waals surface area contributed by atoms with Gasteiger partial charge < -0.3 is 5.11 Å². The maximum Gasteiger partial charge on any atom is 0.0434 e. The maximum atomic E-state index is 8.53. The summed E-state index contributed by atoms with van der Waals surface area (Å²) in [5, 5.41) is 8.53. The van der Waals surface area contributed by atoms with Crippen LogP contribution in [0.1, 0.15) is 12.0 Å². The van der Waals surface area contributed by atoms with E-state index in [1.165, 1.54) is 5.56 Å². The minimum atomic E-state index is 0. The molecular weight excluding hydrogens is 188 g/mol. The number of hydrogen-bond acceptors (Lipinski definition) is 3. The Bertz CT molecular complexity index is 182. The molecule has 0 aliphatic rings. The molecule has 13 heavy (non-hydrogen) atoms. The van der Waals surface area contributed by atoms with Crippen LogP contribution >= 0.6 is 12.4 Å². The number of aryl methyl sites for hydroxylation is 1. The quantitative estimate of drug-likeness (QED) is 0.505. The lowest BCUT2D eigenvalue weighted by Gasteiger charge is -1.96. The number of hydrogen-bond donors (Lipinski definition) is 3. The number of halogens is 1. The molecule has 0 spiro atoms. The summed E-state index contributed by atoms with van der Waals surface area (Å²) in [7, 11) is 0. The summed E-state index contributed by atoms with van der Waals surface area (Å²) >= 11 is 0. The van der Waals surface area contributed by atoms with E-state index in [9.17, 15) is 0 Å². The van der Waals surface area contributed by atoms with Gasteiger partial charge in [-0.2, -0.15) is 0 Å². The minimum Gasteiger partial charge on any atom is -0.396 e. The van der Waals surface area contributed by atoms with Crippen molar-refractivity contribution in [2.45, 2.75) is 12.8 Å². The summed E-state index contributed by atoms with van der Waals surface area (Å²) in [5.74, 6) is 8.00. The van der Waals surface area contributed by atoms with Crippen molar-refractivity contribution in [1.82, 2.24) is 0 Å². The van der Waals surface area contributed by atoms with E-state index in [0.717, 1.165) is 12.8 Å². The van der Waals surface area contributed by atoms with Crippen LogP contribution in [0.5, 0.6) is 0 Å². The van der Waals surface area contributed by atoms with Gasteiger partial charge in [-0.05, 0) is 18.4 Å². The summed E-state index contributed by atoms with van der Waals surface area (Å²) in [6.45, 7) is 0.287. The predicted octanol–water partition coefficient (Wildman–Crippen LogP) is 0.852. The first-order chi connectivity index (χ1) is 5.93. The molecule has 0 bridgehead atoms. The van der Waals surface area contributed by atoms with E-state index in [-0.39, 0.29) is 19.0 Å². The van der Waals surface area contributed by atoms with Crippen molar-refractivity contribution < 1.29 is 5.11 Å². The monoisotopic (exact) mass is 204 g/mol. The van der Waals surface area contributed by atoms with Crippen LogP contribution in [-0.2, 0) is 6.42 Å². The number of aliphatic hydroxyl groups is 1. The zero-order valence-corrected chi connectivity index (χ0v) is 8.33. The van der Waals surface area contributed by atoms with Gasteiger partial charge in [0.15, 0.2) is 0 Å². The molecule has 1 aromatic rings. The molecule has 5 N–H and O–H groups in total. The second-order valence-corrected chi connectivity index (χ2v) is 2.31. The summed E-state index contributed by atoms with van der Waals surface area (Å²) < 4.78 is 0. The van der Waals surface area contributed by atoms with Crippen LogP contribution < -0.4 is 11.7 Å². The number of rotatable bonds is 3. The van der Waals surface area contributed by atoms with E-state index in [1.54, 1.807) is 0 Å². The average molecular weight is 205 g/mol. The van der Waals surface area contributed by atoms with E-state index < -0.39 is 0 Å². The Morgan fingerprint density at radius 2 is 1.62 bits per heavy atom. The Hall–Kier alpha value is -0.610. The van der Waals surface area contributed by atoms with Crippen LogP contribution in [0.2, 0.25) is 0 Å². The third-order valence-electron chi connectivity index (χ3n) is 1.47. The maximum absolute atomic E-state index is 8.53. The van der Waals surface area contributed by atoms with E-state index in [4.69, 9.17) is 5.11 Å². The van der Waals surface area contributed by atoms with Gasteiger partial charge in [0.25, 0.3) is 0 Å². The predicted molar refractivity (Wildman–Crippen MR) is 57.5 cm³/mol. The summed E-state index contributed by atoms with van der Waals surface area (Å²) in [6.07, 6.45) is 1.85. The molecule has 0 atom stereocenters. The highest BCUT2D eigenvalue weighted by molar-refractivity contribution is 5.85. The van der Waals surface area contributed by atoms with Crippen molar-refractivity contribution >= 4 is 12.4 Å². The molecule has 0 heterocycles. The van der Waals surface area contributed by atoms with Crippen molar-refractivity contribution in [1.29, 1.82) is 0 Å². The molecule has 0 aromatic heterocycles. The summed E-state index contributed by atoms with van der Waals surface area (Å²) in [4.78, 5) is 0. The topological polar surface area (TPSA) is 72.3 Å². The van der Waals surface area contributed by atoms with Crippen molar-refractivity contribution in [2.75, 3.05) is 6.61 Å². The smallest absolute Gasteiger partial charge is 0.0434 e. The molecule has 1 aromatic carbocycles. The highest BCUT2D eigenvalue weighted by Gasteiger charge is 1.87. The van der Waals surface area contributed by atoms with Crippen molar-refractivity contribution in [3.63, 3.8) is 0 Å². The van der Waals surface area contributed by atoms with E-state index in [2.05, 4.69) is 23.8 Å². The Morgan fingerprint density at radius 3 is 2.08 bits per heavy atom. The first kappa shape index (κ1) is 14.9. The lowest BCUT2D eigenvalue weighted by molar-refractivity contribution is 0.288. The van der Waals surface area contributed by atoms with E-state index >= 15 is 0 Å². The molecule has 76 valence electrons. The lowest BCUT2D eigenvalue weighted by Crippen LogP contribution is -2.02. The molecule has 3 nitrogen and oxygen atoms in total. The Labute approximate surface area is 85.1 Å². The van der Waals surface area contributed by atoms with Crippen molar-refractivity contribution in [2.24, 2.45) is 11.7 Å². The lowest BCUT2D eigenvalue weighted by atomic mass is 10.1. The van der Waals surface area contributed by atoms with Crippen LogP contribution in [0.15, 0.2) is 30.3 Å². The highest BCUT2D eigenvalue weighted by Crippen LogP contribution is 2.00. The molecule has 0 saturated heterocycles. The van der Waals surface area contributed by atoms with Gasteiger partial charge in [0.2, 0.25) is 0 Å². The molecule has 0 saturated carbocycles. The SMILES string of the molecule is Cl.NN.OCCCc1ccccc1. The minimum absolute atomic E-state index is 0. The van der Waals surface area contributed by atoms with Gasteiger partial charge in [-0.15, -0.1) is 12.4 Å². The average Bonchev–Trinajstić information content (AvgIpc) is 2.19. The van der Waals surface area contributed by atoms with Crippen LogP contribution in [0.25, 0.3) is 0 Å². The third-order valence-corrected chi connectivity index (χ3v) is 1.47. The fourth-order valence-corrected chi connectivity index (χ4v) is 0.928. The van der Waals surface area contributed by atoms with Crippen LogP contribution in [-0.4, -0.2) is 11.7 Å². The Morgan fingerprint density at radius 1 is 1.08 bits per heavy atom. The van der Waals surface area contributed by atoms with Gasteiger partial charge in [-0.1, -0.05) is 30.3 Å². The fourth-order valence-electron chi connectivity index (χ4n) is 0.928. The normalized spacial score (nSPS) is 7.92. The van der Waals surface area contributed by atoms with Crippen molar-refractivity contribution in [3.05, 3.63) is 35.9 Å². The molecule has 0 aliphatic carbocycles. The van der Waals surface area contributed by atoms with Gasteiger partial charge >= 0.3 is 0 Å². The van der Waals surface area contributed by atoms with E-state index in [1.807, 2.05) is 18.2 Å². The molecule has 0 fully saturated rings. The molecule has 0 unspecified atom stereocenters. The van der Waals surface area contributed by atoms with E-state index in [0.29, 0.717) is 0 Å². The second-order valence-electron chi connectivity index (χ2n) is 2.31. The standard InChI is InChI=1S/C9H12O.ClH.H4N2/c10-8-4-7-9-5-2-1-3-6-9;;1-2/h1-3,5-6,10H,4,7-8H2;1H;1-2H2. The molecule has 0 radical (unpaired) electrons. The fraction of sp³-hybridized carbons (Fsp3) is 0.333. The first-order valence-electron chi connectivity index (χ1n) is 3.91. The van der Waals surface area contributed by atoms with Gasteiger partial charge in [0.1, 0.15) is 0 Å². The van der Waals surface area contributed by atoms with Gasteiger partial charge in [0.05, 0.1) is 0 Å². The molecular formula is C9H17ClN2O. The van der Waals surface area contributed by atoms with Crippen LogP contribution in [0, 0.1) is 0 Å². The van der Waals surface area contributed by atoms with Gasteiger partial charge in [-0.25, -0.2) is 0 Å². The largest absolute Gasteiger partial charge is 0.396 e. The molecule has 4 heteroatoms. The number of benzene rings is 1. The third kappa shape index (κ3) is 7.74. The van der Waals surface area contributed by atoms with Crippen LogP contribution in [0.3, 0.4) is 0 Å². The number of nitrogens with two attached hydrogens (primary N) is 2. The number of hydrazine groups is 1. The van der Waals surface area contributed by atoms with Gasteiger partial charge in [-0.3, -0.25) is 11.7 Å². The van der Waals surface area contributed by atoms with Crippen molar-refractivity contribution in [3.8, 4) is 0 Å². The van der Waals surface area contributed by atoms with Crippen LogP contribution in [0.4, 0.5) is 0 Å². The summed E-state index contributed by atoms with van der Waals surface area (Å²) in [5.41, 5.74) is 1.30. The zero-order valence-electron chi connectivity index (χ0n) is 7.52. The van der Waals surface area contributed by atoms with Gasteiger partial charge in [0, 0.05) is 6.61 Å². The summed E-state index contributed by atoms with van der Waals surface area (Å²) in [6, 6.07) is 10.2. The molecule has 0 amide bonds. The Balaban J connectivity index is 0. The Kier molecular flexibility index (Phi) is 13.0. The number of aliphatic hydroxyl groups excluding tert-OH is 1. The first-order valence-corrected chi connectivity index (χ1v) is 3.91. The molecule has 0 aliphatic heterocycles.